The molecule has 0 aliphatic carbocycles. The third-order valence-electron chi connectivity index (χ3n) is 5.48. The van der Waals surface area contributed by atoms with Crippen LogP contribution in [0.4, 0.5) is 5.69 Å². The quantitative estimate of drug-likeness (QED) is 0.668. The van der Waals surface area contributed by atoms with Crippen LogP contribution in [0.2, 0.25) is 10.0 Å². The van der Waals surface area contributed by atoms with Gasteiger partial charge in [0, 0.05) is 54.8 Å². The number of carbonyl (C=O) groups excluding carboxylic acids is 2. The van der Waals surface area contributed by atoms with Crippen LogP contribution in [0.5, 0.6) is 0 Å². The predicted molar refractivity (Wildman–Crippen MR) is 121 cm³/mol. The van der Waals surface area contributed by atoms with Crippen LogP contribution in [-0.2, 0) is 11.8 Å². The van der Waals surface area contributed by atoms with E-state index in [1.54, 1.807) is 16.5 Å². The summed E-state index contributed by atoms with van der Waals surface area (Å²) < 4.78 is 1.75. The van der Waals surface area contributed by atoms with Crippen molar-refractivity contribution in [3.05, 3.63) is 64.3 Å². The van der Waals surface area contributed by atoms with Gasteiger partial charge >= 0.3 is 0 Å². The van der Waals surface area contributed by atoms with Gasteiger partial charge in [0.05, 0.1) is 11.6 Å². The maximum atomic E-state index is 12.7. The van der Waals surface area contributed by atoms with Crippen molar-refractivity contribution in [2.24, 2.45) is 7.05 Å². The van der Waals surface area contributed by atoms with Crippen LogP contribution in [0.15, 0.2) is 48.5 Å². The summed E-state index contributed by atoms with van der Waals surface area (Å²) in [6.45, 7) is 2.61. The molecule has 6 nitrogen and oxygen atoms in total. The van der Waals surface area contributed by atoms with Gasteiger partial charge in [-0.2, -0.15) is 0 Å². The molecule has 1 aliphatic heterocycles. The SMILES string of the molecule is Cn1c(C(=O)NCC(=O)N2CCN(c3ccc(Cl)cc3)CC2)c(Cl)c2ccccc21. The fourth-order valence-corrected chi connectivity index (χ4v) is 4.31. The zero-order valence-corrected chi connectivity index (χ0v) is 18.1. The maximum absolute atomic E-state index is 12.7. The first-order valence-corrected chi connectivity index (χ1v) is 10.5. The van der Waals surface area contributed by atoms with E-state index in [1.807, 2.05) is 48.5 Å². The summed E-state index contributed by atoms with van der Waals surface area (Å²) in [5.74, 6) is -0.458. The highest BCUT2D eigenvalue weighted by Gasteiger charge is 2.24. The average molecular weight is 445 g/mol. The van der Waals surface area contributed by atoms with E-state index in [2.05, 4.69) is 10.2 Å². The molecular weight excluding hydrogens is 423 g/mol. The van der Waals surface area contributed by atoms with Gasteiger partial charge in [0.1, 0.15) is 5.69 Å². The van der Waals surface area contributed by atoms with E-state index in [1.165, 1.54) is 0 Å². The summed E-state index contributed by atoms with van der Waals surface area (Å²) in [5.41, 5.74) is 2.32. The molecule has 8 heteroatoms. The van der Waals surface area contributed by atoms with Crippen LogP contribution < -0.4 is 10.2 Å². The number of hydrogen-bond acceptors (Lipinski definition) is 3. The number of hydrogen-bond donors (Lipinski definition) is 1. The Bertz CT molecular complexity index is 1050. The van der Waals surface area contributed by atoms with E-state index in [-0.39, 0.29) is 18.4 Å². The maximum Gasteiger partial charge on any atom is 0.269 e. The zero-order valence-electron chi connectivity index (χ0n) is 16.6. The van der Waals surface area contributed by atoms with Crippen LogP contribution >= 0.6 is 23.2 Å². The van der Waals surface area contributed by atoms with E-state index in [0.717, 1.165) is 29.7 Å². The molecule has 0 saturated carbocycles. The van der Waals surface area contributed by atoms with E-state index in [9.17, 15) is 9.59 Å². The minimum Gasteiger partial charge on any atom is -0.368 e. The standard InChI is InChI=1S/C22H22Cl2N4O2/c1-26-18-5-3-2-4-17(18)20(24)21(26)22(30)25-14-19(29)28-12-10-27(11-13-28)16-8-6-15(23)7-9-16/h2-9H,10-14H2,1H3,(H,25,30). The molecule has 0 atom stereocenters. The first-order chi connectivity index (χ1) is 14.5. The number of aromatic nitrogens is 1. The third-order valence-corrected chi connectivity index (χ3v) is 6.12. The Kier molecular flexibility index (Phi) is 5.88. The van der Waals surface area contributed by atoms with Crippen molar-refractivity contribution in [2.75, 3.05) is 37.6 Å². The van der Waals surface area contributed by atoms with Gasteiger partial charge in [-0.1, -0.05) is 41.4 Å². The molecule has 0 unspecified atom stereocenters. The molecule has 2 heterocycles. The molecule has 1 aromatic heterocycles. The number of piperazine rings is 1. The van der Waals surface area contributed by atoms with Crippen molar-refractivity contribution in [1.82, 2.24) is 14.8 Å². The number of fused-ring (bicyclic) bond motifs is 1. The van der Waals surface area contributed by atoms with Crippen LogP contribution in [0.1, 0.15) is 10.5 Å². The second-order valence-electron chi connectivity index (χ2n) is 7.27. The molecule has 1 N–H and O–H groups in total. The fourth-order valence-electron chi connectivity index (χ4n) is 3.82. The third kappa shape index (κ3) is 3.98. The Morgan fingerprint density at radius 1 is 0.967 bits per heavy atom. The number of anilines is 1. The second kappa shape index (κ2) is 8.58. The zero-order chi connectivity index (χ0) is 21.3. The van der Waals surface area contributed by atoms with Gasteiger partial charge in [-0.15, -0.1) is 0 Å². The fraction of sp³-hybridized carbons (Fsp3) is 0.273. The lowest BCUT2D eigenvalue weighted by Gasteiger charge is -2.36. The van der Waals surface area contributed by atoms with Gasteiger partial charge in [0.15, 0.2) is 0 Å². The molecule has 1 saturated heterocycles. The van der Waals surface area contributed by atoms with Gasteiger partial charge < -0.3 is 19.7 Å². The topological polar surface area (TPSA) is 57.6 Å². The molecule has 0 radical (unpaired) electrons. The van der Waals surface area contributed by atoms with Crippen molar-refractivity contribution >= 4 is 51.6 Å². The number of rotatable bonds is 4. The Balaban J connectivity index is 1.34. The van der Waals surface area contributed by atoms with Gasteiger partial charge in [-0.05, 0) is 30.3 Å². The van der Waals surface area contributed by atoms with E-state index in [4.69, 9.17) is 23.2 Å². The van der Waals surface area contributed by atoms with Crippen LogP contribution in [0.25, 0.3) is 10.9 Å². The Morgan fingerprint density at radius 2 is 1.63 bits per heavy atom. The summed E-state index contributed by atoms with van der Waals surface area (Å²) in [5, 5.41) is 4.64. The van der Waals surface area contributed by atoms with Crippen LogP contribution in [-0.4, -0.2) is 54.0 Å². The summed E-state index contributed by atoms with van der Waals surface area (Å²) in [4.78, 5) is 29.3. The molecule has 4 rings (SSSR count). The van der Waals surface area contributed by atoms with E-state index >= 15 is 0 Å². The smallest absolute Gasteiger partial charge is 0.269 e. The average Bonchev–Trinajstić information content (AvgIpc) is 3.03. The van der Waals surface area contributed by atoms with Crippen molar-refractivity contribution in [3.63, 3.8) is 0 Å². The van der Waals surface area contributed by atoms with Gasteiger partial charge in [0.25, 0.3) is 5.91 Å². The minimum atomic E-state index is -0.355. The Labute approximate surface area is 185 Å². The van der Waals surface area contributed by atoms with Crippen LogP contribution in [0.3, 0.4) is 0 Å². The lowest BCUT2D eigenvalue weighted by atomic mass is 10.2. The van der Waals surface area contributed by atoms with Crippen molar-refractivity contribution in [3.8, 4) is 0 Å². The lowest BCUT2D eigenvalue weighted by Crippen LogP contribution is -2.51. The summed E-state index contributed by atoms with van der Waals surface area (Å²) in [7, 11) is 1.79. The highest BCUT2D eigenvalue weighted by Crippen LogP contribution is 2.29. The van der Waals surface area contributed by atoms with Gasteiger partial charge in [-0.3, -0.25) is 9.59 Å². The minimum absolute atomic E-state index is 0.0579. The molecule has 156 valence electrons. The summed E-state index contributed by atoms with van der Waals surface area (Å²) in [6.07, 6.45) is 0. The van der Waals surface area contributed by atoms with Crippen molar-refractivity contribution < 1.29 is 9.59 Å². The molecule has 1 aliphatic rings. The molecule has 30 heavy (non-hydrogen) atoms. The number of halogens is 2. The second-order valence-corrected chi connectivity index (χ2v) is 8.08. The van der Waals surface area contributed by atoms with Crippen molar-refractivity contribution in [2.45, 2.75) is 0 Å². The molecule has 1 fully saturated rings. The molecule has 2 aromatic carbocycles. The first-order valence-electron chi connectivity index (χ1n) is 9.75. The molecule has 0 spiro atoms. The highest BCUT2D eigenvalue weighted by atomic mass is 35.5. The van der Waals surface area contributed by atoms with Crippen LogP contribution in [0, 0.1) is 0 Å². The molecule has 2 amide bonds. The lowest BCUT2D eigenvalue weighted by molar-refractivity contribution is -0.130. The van der Waals surface area contributed by atoms with E-state index in [0.29, 0.717) is 28.8 Å². The Morgan fingerprint density at radius 3 is 2.30 bits per heavy atom. The molecular formula is C22H22Cl2N4O2. The number of para-hydroxylation sites is 1. The molecule has 3 aromatic rings. The number of nitrogens with zero attached hydrogens (tertiary/aromatic N) is 3. The Hall–Kier alpha value is -2.70. The highest BCUT2D eigenvalue weighted by molar-refractivity contribution is 6.38. The van der Waals surface area contributed by atoms with Gasteiger partial charge in [0.2, 0.25) is 5.91 Å². The predicted octanol–water partition coefficient (Wildman–Crippen LogP) is 3.56. The number of nitrogens with one attached hydrogen (secondary N) is 1. The summed E-state index contributed by atoms with van der Waals surface area (Å²) in [6, 6.07) is 15.2. The van der Waals surface area contributed by atoms with Gasteiger partial charge in [-0.25, -0.2) is 0 Å². The van der Waals surface area contributed by atoms with E-state index < -0.39 is 0 Å². The number of benzene rings is 2. The molecule has 0 bridgehead atoms. The first kappa shape index (κ1) is 20.6. The normalized spacial score (nSPS) is 14.2. The number of amides is 2. The largest absolute Gasteiger partial charge is 0.368 e. The number of carbonyl (C=O) groups is 2. The number of aryl methyl sites for hydroxylation is 1. The summed E-state index contributed by atoms with van der Waals surface area (Å²) >= 11 is 12.4. The van der Waals surface area contributed by atoms with Crippen molar-refractivity contribution in [1.29, 1.82) is 0 Å². The monoisotopic (exact) mass is 444 g/mol.